The van der Waals surface area contributed by atoms with Gasteiger partial charge in [-0.3, -0.25) is 4.79 Å². The summed E-state index contributed by atoms with van der Waals surface area (Å²) in [6.07, 6.45) is -0.861. The number of benzene rings is 2. The van der Waals surface area contributed by atoms with Crippen LogP contribution in [0.2, 0.25) is 5.02 Å². The van der Waals surface area contributed by atoms with Crippen LogP contribution in [0.25, 0.3) is 0 Å². The number of ether oxygens (including phenoxy) is 3. The van der Waals surface area contributed by atoms with Crippen molar-refractivity contribution in [1.29, 1.82) is 0 Å². The molecule has 2 aromatic carbocycles. The molecule has 0 aliphatic carbocycles. The van der Waals surface area contributed by atoms with Gasteiger partial charge in [-0.25, -0.2) is 8.42 Å². The van der Waals surface area contributed by atoms with E-state index in [1.165, 1.54) is 22.5 Å². The summed E-state index contributed by atoms with van der Waals surface area (Å²) in [5.74, 6) is 0.601. The zero-order valence-electron chi connectivity index (χ0n) is 15.3. The summed E-state index contributed by atoms with van der Waals surface area (Å²) in [6, 6.07) is 11.4. The smallest absolute Gasteiger partial charge is 0.269 e. The maximum atomic E-state index is 12.9. The highest BCUT2D eigenvalue weighted by Gasteiger charge is 2.30. The third-order valence-electron chi connectivity index (χ3n) is 4.59. The van der Waals surface area contributed by atoms with Crippen molar-refractivity contribution in [3.63, 3.8) is 0 Å². The van der Waals surface area contributed by atoms with Crippen molar-refractivity contribution < 1.29 is 27.4 Å². The number of anilines is 1. The van der Waals surface area contributed by atoms with Gasteiger partial charge in [0, 0.05) is 18.8 Å². The number of amides is 1. The molecule has 1 amide bonds. The minimum absolute atomic E-state index is 0.0510. The van der Waals surface area contributed by atoms with E-state index >= 15 is 0 Å². The van der Waals surface area contributed by atoms with Gasteiger partial charge in [-0.15, -0.1) is 0 Å². The Kier molecular flexibility index (Phi) is 5.64. The summed E-state index contributed by atoms with van der Waals surface area (Å²) in [5, 5.41) is 2.76. The van der Waals surface area contributed by atoms with Gasteiger partial charge in [0.1, 0.15) is 11.5 Å². The van der Waals surface area contributed by atoms with Gasteiger partial charge in [0.2, 0.25) is 16.1 Å². The summed E-state index contributed by atoms with van der Waals surface area (Å²) >= 11 is 6.15. The summed E-state index contributed by atoms with van der Waals surface area (Å²) in [5.41, 5.74) is 0.300. The highest BCUT2D eigenvalue weighted by molar-refractivity contribution is 7.89. The van der Waals surface area contributed by atoms with Crippen LogP contribution < -0.4 is 14.8 Å². The fourth-order valence-corrected chi connectivity index (χ4v) is 4.98. The average Bonchev–Trinajstić information content (AvgIpc) is 2.75. The van der Waals surface area contributed by atoms with Crippen LogP contribution in [0.3, 0.4) is 0 Å². The Morgan fingerprint density at radius 2 is 1.83 bits per heavy atom. The van der Waals surface area contributed by atoms with E-state index in [1.54, 1.807) is 18.2 Å². The molecule has 0 aromatic heterocycles. The molecule has 1 atom stereocenters. The van der Waals surface area contributed by atoms with Crippen molar-refractivity contribution in [1.82, 2.24) is 4.31 Å². The van der Waals surface area contributed by atoms with Gasteiger partial charge in [-0.2, -0.15) is 4.31 Å². The van der Waals surface area contributed by atoms with Gasteiger partial charge in [0.25, 0.3) is 5.91 Å². The van der Waals surface area contributed by atoms with E-state index in [1.807, 2.05) is 6.07 Å². The molecular weight excluding hydrogens is 420 g/mol. The molecule has 0 saturated carbocycles. The molecule has 4 rings (SSSR count). The van der Waals surface area contributed by atoms with Crippen LogP contribution in [0.4, 0.5) is 5.69 Å². The van der Waals surface area contributed by atoms with E-state index in [0.29, 0.717) is 30.4 Å². The van der Waals surface area contributed by atoms with Crippen LogP contribution in [-0.4, -0.2) is 57.6 Å². The second-order valence-electron chi connectivity index (χ2n) is 6.52. The van der Waals surface area contributed by atoms with Gasteiger partial charge in [-0.05, 0) is 30.3 Å². The number of sulfonamides is 1. The number of hydrogen-bond donors (Lipinski definition) is 1. The number of fused-ring (bicyclic) bond motifs is 1. The van der Waals surface area contributed by atoms with E-state index in [9.17, 15) is 13.2 Å². The second kappa shape index (κ2) is 8.19. The van der Waals surface area contributed by atoms with Crippen molar-refractivity contribution in [3.05, 3.63) is 47.5 Å². The molecule has 1 N–H and O–H groups in total. The summed E-state index contributed by atoms with van der Waals surface area (Å²) in [6.45, 7) is 1.21. The summed E-state index contributed by atoms with van der Waals surface area (Å²) < 4.78 is 43.6. The van der Waals surface area contributed by atoms with Gasteiger partial charge in [0.15, 0.2) is 11.5 Å². The zero-order chi connectivity index (χ0) is 20.4. The highest BCUT2D eigenvalue weighted by atomic mass is 35.5. The van der Waals surface area contributed by atoms with Crippen LogP contribution in [0, 0.1) is 0 Å². The van der Waals surface area contributed by atoms with Crippen LogP contribution in [0.5, 0.6) is 11.5 Å². The predicted octanol–water partition coefficient (Wildman–Crippen LogP) is 2.14. The first kappa shape index (κ1) is 20.0. The van der Waals surface area contributed by atoms with Gasteiger partial charge in [0.05, 0.1) is 18.2 Å². The van der Waals surface area contributed by atoms with E-state index in [2.05, 4.69) is 5.32 Å². The summed E-state index contributed by atoms with van der Waals surface area (Å²) in [4.78, 5) is 12.5. The normalized spacial score (nSPS) is 19.6. The third-order valence-corrected chi connectivity index (χ3v) is 6.97. The number of para-hydroxylation sites is 2. The zero-order valence-corrected chi connectivity index (χ0v) is 16.9. The van der Waals surface area contributed by atoms with E-state index in [0.717, 1.165) is 0 Å². The highest BCUT2D eigenvalue weighted by Crippen LogP contribution is 2.32. The molecular formula is C19H19ClN2O6S. The molecule has 8 nitrogen and oxygen atoms in total. The van der Waals surface area contributed by atoms with Crippen molar-refractivity contribution in [2.24, 2.45) is 0 Å². The number of rotatable bonds is 4. The number of nitrogens with one attached hydrogen (secondary N) is 1. The first-order valence-electron chi connectivity index (χ1n) is 9.02. The standard InChI is InChI=1S/C19H19ClN2O6S/c20-14-6-5-13(11-18(14)29(24,25)22-7-9-26-10-8-22)21-19(23)17-12-27-15-3-1-2-4-16(15)28-17/h1-6,11,17H,7-10,12H2,(H,21,23). The molecule has 154 valence electrons. The fourth-order valence-electron chi connectivity index (χ4n) is 3.08. The van der Waals surface area contributed by atoms with Crippen LogP contribution in [-0.2, 0) is 19.6 Å². The molecule has 29 heavy (non-hydrogen) atoms. The van der Waals surface area contributed by atoms with Crippen molar-refractivity contribution in [2.45, 2.75) is 11.0 Å². The van der Waals surface area contributed by atoms with Crippen molar-refractivity contribution >= 4 is 33.2 Å². The Hall–Kier alpha value is -2.33. The molecule has 1 unspecified atom stereocenters. The Morgan fingerprint density at radius 1 is 1.10 bits per heavy atom. The molecule has 2 aliphatic heterocycles. The predicted molar refractivity (Wildman–Crippen MR) is 106 cm³/mol. The van der Waals surface area contributed by atoms with E-state index in [4.69, 9.17) is 25.8 Å². The molecule has 2 heterocycles. The van der Waals surface area contributed by atoms with Gasteiger partial charge < -0.3 is 19.5 Å². The topological polar surface area (TPSA) is 94.2 Å². The van der Waals surface area contributed by atoms with E-state index in [-0.39, 0.29) is 29.6 Å². The maximum Gasteiger partial charge on any atom is 0.269 e. The Balaban J connectivity index is 1.51. The SMILES string of the molecule is O=C(Nc1ccc(Cl)c(S(=O)(=O)N2CCOCC2)c1)C1COc2ccccc2O1. The van der Waals surface area contributed by atoms with Crippen LogP contribution in [0.15, 0.2) is 47.4 Å². The monoisotopic (exact) mass is 438 g/mol. The lowest BCUT2D eigenvalue weighted by Gasteiger charge is -2.27. The fraction of sp³-hybridized carbons (Fsp3) is 0.316. The van der Waals surface area contributed by atoms with Crippen molar-refractivity contribution in [2.75, 3.05) is 38.2 Å². The minimum Gasteiger partial charge on any atom is -0.485 e. The molecule has 1 saturated heterocycles. The first-order valence-corrected chi connectivity index (χ1v) is 10.8. The summed E-state index contributed by atoms with van der Waals surface area (Å²) in [7, 11) is -3.80. The quantitative estimate of drug-likeness (QED) is 0.786. The maximum absolute atomic E-state index is 12.9. The number of halogens is 1. The number of morpholine rings is 1. The molecule has 2 aliphatic rings. The van der Waals surface area contributed by atoms with Gasteiger partial charge in [-0.1, -0.05) is 23.7 Å². The van der Waals surface area contributed by atoms with Crippen LogP contribution in [0.1, 0.15) is 0 Å². The van der Waals surface area contributed by atoms with Gasteiger partial charge >= 0.3 is 0 Å². The lowest BCUT2D eigenvalue weighted by atomic mass is 10.2. The lowest BCUT2D eigenvalue weighted by Crippen LogP contribution is -2.41. The average molecular weight is 439 g/mol. The Labute approximate surface area is 173 Å². The number of carbonyl (C=O) groups excluding carboxylic acids is 1. The molecule has 1 fully saturated rings. The number of nitrogens with zero attached hydrogens (tertiary/aromatic N) is 1. The minimum atomic E-state index is -3.80. The Morgan fingerprint density at radius 3 is 2.59 bits per heavy atom. The largest absolute Gasteiger partial charge is 0.485 e. The molecule has 10 heteroatoms. The van der Waals surface area contributed by atoms with E-state index < -0.39 is 22.0 Å². The number of hydrogen-bond acceptors (Lipinski definition) is 6. The molecule has 2 aromatic rings. The first-order chi connectivity index (χ1) is 13.9. The molecule has 0 radical (unpaired) electrons. The number of carbonyl (C=O) groups is 1. The molecule has 0 bridgehead atoms. The lowest BCUT2D eigenvalue weighted by molar-refractivity contribution is -0.125. The third kappa shape index (κ3) is 4.18. The van der Waals surface area contributed by atoms with Crippen molar-refractivity contribution in [3.8, 4) is 11.5 Å². The second-order valence-corrected chi connectivity index (χ2v) is 8.83. The Bertz CT molecular complexity index is 1020. The van der Waals surface area contributed by atoms with Crippen LogP contribution >= 0.6 is 11.6 Å². The molecule has 0 spiro atoms.